The first-order chi connectivity index (χ1) is 7.25. The molecule has 16 heavy (non-hydrogen) atoms. The number of nitrogens with zero attached hydrogens (tertiary/aromatic N) is 1. The Morgan fingerprint density at radius 3 is 2.88 bits per heavy atom. The van der Waals surface area contributed by atoms with Gasteiger partial charge in [0.25, 0.3) is 0 Å². The van der Waals surface area contributed by atoms with E-state index in [1.54, 1.807) is 7.11 Å². The minimum absolute atomic E-state index is 0. The lowest BCUT2D eigenvalue weighted by Crippen LogP contribution is -2.52. The average molecular weight is 251 g/mol. The lowest BCUT2D eigenvalue weighted by atomic mass is 10.1. The summed E-state index contributed by atoms with van der Waals surface area (Å²) in [5.41, 5.74) is 0. The molecule has 0 aromatic rings. The fraction of sp³-hybridized carbons (Fsp3) is 0.909. The maximum absolute atomic E-state index is 11.8. The largest absolute Gasteiger partial charge is 0.385 e. The molecule has 1 atom stereocenters. The van der Waals surface area contributed by atoms with E-state index in [1.165, 1.54) is 0 Å². The van der Waals surface area contributed by atoms with Crippen molar-refractivity contribution >= 4 is 18.3 Å². The molecule has 1 aliphatic heterocycles. The summed E-state index contributed by atoms with van der Waals surface area (Å²) in [6.07, 6.45) is 2.57. The van der Waals surface area contributed by atoms with Crippen molar-refractivity contribution in [3.05, 3.63) is 0 Å². The smallest absolute Gasteiger partial charge is 0.222 e. The second-order valence-corrected chi connectivity index (χ2v) is 4.09. The van der Waals surface area contributed by atoms with Crippen LogP contribution in [0.5, 0.6) is 0 Å². The highest BCUT2D eigenvalue weighted by Crippen LogP contribution is 2.07. The van der Waals surface area contributed by atoms with E-state index >= 15 is 0 Å². The van der Waals surface area contributed by atoms with Crippen LogP contribution in [0.1, 0.15) is 26.2 Å². The van der Waals surface area contributed by atoms with Crippen LogP contribution < -0.4 is 5.32 Å². The summed E-state index contributed by atoms with van der Waals surface area (Å²) in [6.45, 7) is 5.55. The van der Waals surface area contributed by atoms with Crippen LogP contribution in [0.4, 0.5) is 0 Å². The summed E-state index contributed by atoms with van der Waals surface area (Å²) >= 11 is 0. The van der Waals surface area contributed by atoms with E-state index < -0.39 is 0 Å². The summed E-state index contributed by atoms with van der Waals surface area (Å²) < 4.78 is 4.96. The molecule has 0 aliphatic carbocycles. The van der Waals surface area contributed by atoms with Gasteiger partial charge in [0.05, 0.1) is 0 Å². The molecule has 0 bridgehead atoms. The summed E-state index contributed by atoms with van der Waals surface area (Å²) in [6, 6.07) is 0.341. The van der Waals surface area contributed by atoms with Crippen LogP contribution in [0.25, 0.3) is 0 Å². The second-order valence-electron chi connectivity index (χ2n) is 4.09. The van der Waals surface area contributed by atoms with Gasteiger partial charge in [-0.1, -0.05) is 0 Å². The van der Waals surface area contributed by atoms with Crippen molar-refractivity contribution in [1.29, 1.82) is 0 Å². The van der Waals surface area contributed by atoms with Crippen LogP contribution in [-0.4, -0.2) is 50.2 Å². The third kappa shape index (κ3) is 5.14. The molecule has 1 fully saturated rings. The molecule has 0 spiro atoms. The van der Waals surface area contributed by atoms with E-state index in [1.807, 2.05) is 4.90 Å². The predicted molar refractivity (Wildman–Crippen MR) is 67.0 cm³/mol. The molecule has 1 N–H and O–H groups in total. The molecule has 0 radical (unpaired) electrons. The molecule has 1 aliphatic rings. The van der Waals surface area contributed by atoms with E-state index in [-0.39, 0.29) is 12.4 Å². The number of rotatable bonds is 5. The predicted octanol–water partition coefficient (Wildman–Crippen LogP) is 1.05. The molecule has 0 saturated carbocycles. The van der Waals surface area contributed by atoms with Crippen LogP contribution >= 0.6 is 12.4 Å². The van der Waals surface area contributed by atoms with Gasteiger partial charge in [-0.3, -0.25) is 4.79 Å². The van der Waals surface area contributed by atoms with Crippen LogP contribution in [0.15, 0.2) is 0 Å². The van der Waals surface area contributed by atoms with E-state index in [0.717, 1.165) is 39.1 Å². The van der Waals surface area contributed by atoms with Crippen LogP contribution in [0.3, 0.4) is 0 Å². The van der Waals surface area contributed by atoms with Gasteiger partial charge in [0.2, 0.25) is 5.91 Å². The van der Waals surface area contributed by atoms with Gasteiger partial charge < -0.3 is 15.0 Å². The Morgan fingerprint density at radius 1 is 1.50 bits per heavy atom. The third-order valence-corrected chi connectivity index (χ3v) is 2.81. The first-order valence-corrected chi connectivity index (χ1v) is 5.75. The molecule has 4 nitrogen and oxygen atoms in total. The van der Waals surface area contributed by atoms with Crippen LogP contribution in [0.2, 0.25) is 0 Å². The summed E-state index contributed by atoms with van der Waals surface area (Å²) in [5.74, 6) is 0.292. The Labute approximate surface area is 104 Å². The molecular weight excluding hydrogens is 228 g/mol. The van der Waals surface area contributed by atoms with E-state index in [9.17, 15) is 4.79 Å². The average Bonchev–Trinajstić information content (AvgIpc) is 2.25. The molecule has 1 unspecified atom stereocenters. The highest BCUT2D eigenvalue weighted by atomic mass is 35.5. The number of amides is 1. The van der Waals surface area contributed by atoms with Gasteiger partial charge >= 0.3 is 0 Å². The van der Waals surface area contributed by atoms with Gasteiger partial charge in [0.15, 0.2) is 0 Å². The topological polar surface area (TPSA) is 41.6 Å². The highest BCUT2D eigenvalue weighted by Gasteiger charge is 2.21. The molecule has 1 rings (SSSR count). The van der Waals surface area contributed by atoms with Gasteiger partial charge in [0, 0.05) is 45.8 Å². The SMILES string of the molecule is COCCCCC(=O)N1CCNCC1C.Cl. The third-order valence-electron chi connectivity index (χ3n) is 2.81. The zero-order valence-corrected chi connectivity index (χ0v) is 11.0. The summed E-state index contributed by atoms with van der Waals surface area (Å²) in [5, 5.41) is 3.28. The molecular formula is C11H23ClN2O2. The van der Waals surface area contributed by atoms with Crippen molar-refractivity contribution in [3.8, 4) is 0 Å². The number of carbonyl (C=O) groups is 1. The molecule has 0 aromatic carbocycles. The zero-order valence-electron chi connectivity index (χ0n) is 10.2. The first kappa shape index (κ1) is 15.7. The molecule has 96 valence electrons. The Kier molecular flexibility index (Phi) is 8.61. The van der Waals surface area contributed by atoms with Crippen molar-refractivity contribution in [3.63, 3.8) is 0 Å². The van der Waals surface area contributed by atoms with Crippen molar-refractivity contribution in [2.75, 3.05) is 33.4 Å². The lowest BCUT2D eigenvalue weighted by molar-refractivity contribution is -0.134. The number of methoxy groups -OCH3 is 1. The number of hydrogen-bond acceptors (Lipinski definition) is 3. The Morgan fingerprint density at radius 2 is 2.25 bits per heavy atom. The number of unbranched alkanes of at least 4 members (excludes halogenated alkanes) is 1. The molecule has 1 amide bonds. The number of piperazine rings is 1. The van der Waals surface area contributed by atoms with Gasteiger partial charge in [0.1, 0.15) is 0 Å². The summed E-state index contributed by atoms with van der Waals surface area (Å²) in [4.78, 5) is 13.8. The Bertz CT molecular complexity index is 202. The number of ether oxygens (including phenoxy) is 1. The van der Waals surface area contributed by atoms with Crippen LogP contribution in [0, 0.1) is 0 Å². The molecule has 1 saturated heterocycles. The minimum atomic E-state index is 0. The van der Waals surface area contributed by atoms with Gasteiger partial charge in [-0.05, 0) is 19.8 Å². The Balaban J connectivity index is 0.00000225. The van der Waals surface area contributed by atoms with Crippen molar-refractivity contribution in [2.45, 2.75) is 32.2 Å². The lowest BCUT2D eigenvalue weighted by Gasteiger charge is -2.34. The fourth-order valence-corrected chi connectivity index (χ4v) is 1.88. The second kappa shape index (κ2) is 8.79. The molecule has 5 heteroatoms. The van der Waals surface area contributed by atoms with Gasteiger partial charge in [-0.15, -0.1) is 12.4 Å². The standard InChI is InChI=1S/C11H22N2O2.ClH/c1-10-9-12-6-7-13(10)11(14)5-3-4-8-15-2;/h10,12H,3-9H2,1-2H3;1H. The van der Waals surface area contributed by atoms with Gasteiger partial charge in [-0.25, -0.2) is 0 Å². The number of halogens is 1. The maximum Gasteiger partial charge on any atom is 0.222 e. The van der Waals surface area contributed by atoms with Crippen molar-refractivity contribution in [1.82, 2.24) is 10.2 Å². The Hall–Kier alpha value is -0.320. The monoisotopic (exact) mass is 250 g/mol. The van der Waals surface area contributed by atoms with E-state index in [4.69, 9.17) is 4.74 Å². The number of hydrogen-bond donors (Lipinski definition) is 1. The minimum Gasteiger partial charge on any atom is -0.385 e. The van der Waals surface area contributed by atoms with Crippen molar-refractivity contribution < 1.29 is 9.53 Å². The fourth-order valence-electron chi connectivity index (χ4n) is 1.88. The highest BCUT2D eigenvalue weighted by molar-refractivity contribution is 5.85. The number of nitrogens with one attached hydrogen (secondary N) is 1. The van der Waals surface area contributed by atoms with E-state index in [0.29, 0.717) is 18.4 Å². The van der Waals surface area contributed by atoms with Crippen molar-refractivity contribution in [2.24, 2.45) is 0 Å². The quantitative estimate of drug-likeness (QED) is 0.742. The maximum atomic E-state index is 11.8. The van der Waals surface area contributed by atoms with Crippen LogP contribution in [-0.2, 0) is 9.53 Å². The molecule has 0 aromatic heterocycles. The van der Waals surface area contributed by atoms with Gasteiger partial charge in [-0.2, -0.15) is 0 Å². The molecule has 1 heterocycles. The normalized spacial score (nSPS) is 20.4. The summed E-state index contributed by atoms with van der Waals surface area (Å²) in [7, 11) is 1.69. The zero-order chi connectivity index (χ0) is 11.1. The van der Waals surface area contributed by atoms with E-state index in [2.05, 4.69) is 12.2 Å². The first-order valence-electron chi connectivity index (χ1n) is 5.75. The number of carbonyl (C=O) groups excluding carboxylic acids is 1.